The van der Waals surface area contributed by atoms with Crippen molar-refractivity contribution in [2.45, 2.75) is 160 Å². The van der Waals surface area contributed by atoms with Crippen LogP contribution in [0.1, 0.15) is 100 Å². The Morgan fingerprint density at radius 1 is 0.754 bits per heavy atom. The van der Waals surface area contributed by atoms with Crippen LogP contribution in [-0.2, 0) is 41.3 Å². The molecule has 4 saturated heterocycles. The fourth-order valence-electron chi connectivity index (χ4n) is 8.41. The number of methoxy groups -OCH3 is 2. The Morgan fingerprint density at radius 2 is 1.12 bits per heavy atom. The maximum Gasteiger partial charge on any atom is 0.446 e. The number of likely N-dealkylation sites (tertiary alicyclic amines) is 1. The molecule has 6 rings (SSSR count). The number of benzene rings is 2. The van der Waals surface area contributed by atoms with Crippen molar-refractivity contribution < 1.29 is 47.8 Å². The number of rotatable bonds is 10. The SMILES string of the molecule is COC(C)(C)[C@H]1CN(C2CCN(C(=O)OC(C)(C)C)CC2)[C@@H](Cc2ccc(Cl)cc2)CO1.COC(C)(C)[C@H]1CN(C2CCNCC2)[C@@H](Cc2ccc(Cl)cc2)CO1.O=CC(F)(F)F.[2H]CC. The minimum Gasteiger partial charge on any atom is -0.444 e. The van der Waals surface area contributed by atoms with Crippen LogP contribution in [0.3, 0.4) is 0 Å². The van der Waals surface area contributed by atoms with Gasteiger partial charge in [0.05, 0.1) is 36.6 Å². The highest BCUT2D eigenvalue weighted by molar-refractivity contribution is 6.30. The van der Waals surface area contributed by atoms with Gasteiger partial charge in [-0.2, -0.15) is 13.2 Å². The van der Waals surface area contributed by atoms with E-state index in [1.807, 2.05) is 49.9 Å². The minimum atomic E-state index is -4.64. The summed E-state index contributed by atoms with van der Waals surface area (Å²) in [6.07, 6.45) is 0.361. The number of piperidine rings is 2. The lowest BCUT2D eigenvalue weighted by molar-refractivity contribution is -0.166. The number of ether oxygens (including phenoxy) is 5. The van der Waals surface area contributed by atoms with Crippen LogP contribution >= 0.6 is 23.2 Å². The largest absolute Gasteiger partial charge is 0.446 e. The molecule has 2 aromatic rings. The Bertz CT molecular complexity index is 1710. The first-order valence-electron chi connectivity index (χ1n) is 23.5. The summed E-state index contributed by atoms with van der Waals surface area (Å²) in [6.45, 7) is 23.2. The Hall–Kier alpha value is -2.53. The maximum atomic E-state index is 12.5. The molecule has 0 unspecified atom stereocenters. The number of carbonyl (C=O) groups excluding carboxylic acids is 2. The second-order valence-corrected chi connectivity index (χ2v) is 19.8. The van der Waals surface area contributed by atoms with Gasteiger partial charge in [0.25, 0.3) is 0 Å². The van der Waals surface area contributed by atoms with E-state index in [0.29, 0.717) is 44.7 Å². The first-order valence-corrected chi connectivity index (χ1v) is 23.6. The number of halogens is 5. The quantitative estimate of drug-likeness (QED) is 0.232. The number of alkyl halides is 3. The van der Waals surface area contributed by atoms with Gasteiger partial charge in [0.15, 0.2) is 0 Å². The van der Waals surface area contributed by atoms with Gasteiger partial charge < -0.3 is 33.9 Å². The van der Waals surface area contributed by atoms with E-state index in [1.165, 1.54) is 24.0 Å². The predicted octanol–water partition coefficient (Wildman–Crippen LogP) is 9.68. The topological polar surface area (TPSA) is 102 Å². The molecular formula is C49H77Cl2F3N4O7. The Morgan fingerprint density at radius 3 is 1.46 bits per heavy atom. The number of hydrogen-bond donors (Lipinski definition) is 1. The van der Waals surface area contributed by atoms with Crippen LogP contribution in [0, 0.1) is 0 Å². The van der Waals surface area contributed by atoms with Crippen LogP contribution in [-0.4, -0.2) is 153 Å². The van der Waals surface area contributed by atoms with Gasteiger partial charge >= 0.3 is 12.3 Å². The number of amides is 1. The van der Waals surface area contributed by atoms with E-state index < -0.39 is 18.1 Å². The molecule has 2 aromatic carbocycles. The van der Waals surface area contributed by atoms with Crippen molar-refractivity contribution in [1.82, 2.24) is 20.0 Å². The molecule has 4 aliphatic heterocycles. The highest BCUT2D eigenvalue weighted by Crippen LogP contribution is 2.31. The smallest absolute Gasteiger partial charge is 0.444 e. The van der Waals surface area contributed by atoms with Crippen molar-refractivity contribution >= 4 is 35.6 Å². The van der Waals surface area contributed by atoms with Crippen molar-refractivity contribution in [2.24, 2.45) is 0 Å². The fraction of sp³-hybridized carbons (Fsp3) is 0.714. The molecule has 370 valence electrons. The summed E-state index contributed by atoms with van der Waals surface area (Å²) in [5, 5.41) is 5.02. The normalized spacial score (nSPS) is 23.4. The Balaban J connectivity index is 0.000000302. The van der Waals surface area contributed by atoms with Crippen molar-refractivity contribution in [1.29, 1.82) is 0 Å². The van der Waals surface area contributed by atoms with Crippen molar-refractivity contribution in [2.75, 3.05) is 66.7 Å². The van der Waals surface area contributed by atoms with Crippen molar-refractivity contribution in [3.8, 4) is 0 Å². The van der Waals surface area contributed by atoms with E-state index in [2.05, 4.69) is 67.1 Å². The molecule has 4 fully saturated rings. The number of hydrogen-bond acceptors (Lipinski definition) is 10. The zero-order valence-corrected chi connectivity index (χ0v) is 41.9. The summed E-state index contributed by atoms with van der Waals surface area (Å²) in [4.78, 5) is 28.3. The van der Waals surface area contributed by atoms with Gasteiger partial charge in [0.2, 0.25) is 6.29 Å². The highest BCUT2D eigenvalue weighted by Gasteiger charge is 2.43. The molecule has 0 spiro atoms. The zero-order valence-electron chi connectivity index (χ0n) is 41.4. The lowest BCUT2D eigenvalue weighted by atomic mass is 9.92. The molecule has 1 amide bonds. The van der Waals surface area contributed by atoms with E-state index in [1.54, 1.807) is 21.1 Å². The summed E-state index contributed by atoms with van der Waals surface area (Å²) in [5.74, 6) is 0. The van der Waals surface area contributed by atoms with Gasteiger partial charge in [-0.15, -0.1) is 0 Å². The second-order valence-electron chi connectivity index (χ2n) is 19.0. The maximum absolute atomic E-state index is 12.5. The summed E-state index contributed by atoms with van der Waals surface area (Å²) < 4.78 is 67.0. The van der Waals surface area contributed by atoms with E-state index >= 15 is 0 Å². The molecule has 4 heterocycles. The number of morpholine rings is 2. The van der Waals surface area contributed by atoms with E-state index in [4.69, 9.17) is 53.1 Å². The van der Waals surface area contributed by atoms with Crippen molar-refractivity contribution in [3.63, 3.8) is 0 Å². The van der Waals surface area contributed by atoms with E-state index in [9.17, 15) is 18.0 Å². The molecule has 0 aromatic heterocycles. The van der Waals surface area contributed by atoms with E-state index in [-0.39, 0.29) is 35.5 Å². The van der Waals surface area contributed by atoms with Gasteiger partial charge in [-0.05, 0) is 135 Å². The third kappa shape index (κ3) is 18.8. The highest BCUT2D eigenvalue weighted by atomic mass is 35.5. The average molecular weight is 963 g/mol. The summed E-state index contributed by atoms with van der Waals surface area (Å²) in [7, 11) is 3.52. The van der Waals surface area contributed by atoms with Crippen LogP contribution < -0.4 is 5.32 Å². The molecule has 11 nitrogen and oxygen atoms in total. The lowest BCUT2D eigenvalue weighted by Gasteiger charge is -2.49. The van der Waals surface area contributed by atoms with Crippen LogP contribution in [0.2, 0.25) is 10.0 Å². The fourth-order valence-corrected chi connectivity index (χ4v) is 8.67. The van der Waals surface area contributed by atoms with Crippen LogP contribution in [0.5, 0.6) is 0 Å². The third-order valence-electron chi connectivity index (χ3n) is 12.5. The Kier molecular flexibility index (Phi) is 22.3. The molecule has 16 heteroatoms. The third-order valence-corrected chi connectivity index (χ3v) is 13.0. The standard InChI is InChI=1S/C25H39ClN2O4.C20H31ClN2O2.C2HF3O.C2H6/c1-24(2,3)32-23(29)27-13-11-20(12-14-27)28-16-22(25(4,5)30-6)31-17-21(28)15-18-7-9-19(26)10-8-18;1-20(2,24-3)19-13-23(17-8-10-22-11-9-17)18(14-25-19)12-15-4-6-16(21)7-5-15;3-2(4,5)1-6;1-2/h7-10,20-22H,11-17H2,1-6H3;4-7,17-19,22H,8-14H2,1-3H3;1H;1-2H3/t21-,22+;18-,19+;;/m00../s1/i;;;1D. The second kappa shape index (κ2) is 26.3. The number of nitrogens with zero attached hydrogens (tertiary/aromatic N) is 3. The molecule has 65 heavy (non-hydrogen) atoms. The first kappa shape index (κ1) is 55.1. The van der Waals surface area contributed by atoms with Gasteiger partial charge in [0.1, 0.15) is 5.60 Å². The summed E-state index contributed by atoms with van der Waals surface area (Å²) >= 11 is 12.1. The number of aldehydes is 1. The molecule has 0 bridgehead atoms. The van der Waals surface area contributed by atoms with Crippen LogP contribution in [0.4, 0.5) is 18.0 Å². The zero-order chi connectivity index (χ0) is 49.3. The minimum absolute atomic E-state index is 0.00199. The van der Waals surface area contributed by atoms with Gasteiger partial charge in [0, 0.05) is 76.0 Å². The van der Waals surface area contributed by atoms with Gasteiger partial charge in [-0.3, -0.25) is 14.6 Å². The van der Waals surface area contributed by atoms with Crippen LogP contribution in [0.15, 0.2) is 48.5 Å². The molecule has 4 aliphatic rings. The molecule has 1 N–H and O–H groups in total. The van der Waals surface area contributed by atoms with Gasteiger partial charge in [-0.25, -0.2) is 4.79 Å². The van der Waals surface area contributed by atoms with Gasteiger partial charge in [-0.1, -0.05) is 61.3 Å². The molecule has 0 saturated carbocycles. The average Bonchev–Trinajstić information content (AvgIpc) is 3.28. The molecule has 0 aliphatic carbocycles. The molecular weight excluding hydrogens is 884 g/mol. The first-order chi connectivity index (χ1) is 30.9. The van der Waals surface area contributed by atoms with Crippen LogP contribution in [0.25, 0.3) is 0 Å². The van der Waals surface area contributed by atoms with Crippen molar-refractivity contribution in [3.05, 3.63) is 69.7 Å². The van der Waals surface area contributed by atoms with E-state index in [0.717, 1.165) is 68.5 Å². The predicted molar refractivity (Wildman–Crippen MR) is 253 cm³/mol. The number of nitrogens with one attached hydrogen (secondary N) is 1. The molecule has 0 radical (unpaired) electrons. The monoisotopic (exact) mass is 962 g/mol. The Labute approximate surface area is 398 Å². The lowest BCUT2D eigenvalue weighted by Crippen LogP contribution is -2.61. The number of carbonyl (C=O) groups is 2. The summed E-state index contributed by atoms with van der Waals surface area (Å²) in [6, 6.07) is 18.0. The summed E-state index contributed by atoms with van der Waals surface area (Å²) in [5.41, 5.74) is 1.47. The molecule has 4 atom stereocenters.